The van der Waals surface area contributed by atoms with Gasteiger partial charge in [-0.15, -0.1) is 0 Å². The van der Waals surface area contributed by atoms with Crippen LogP contribution < -0.4 is 0 Å². The van der Waals surface area contributed by atoms with Gasteiger partial charge in [0, 0.05) is 5.50 Å². The number of rotatable bonds is 3. The molecule has 0 radical (unpaired) electrons. The van der Waals surface area contributed by atoms with Crippen LogP contribution in [-0.4, -0.2) is 53.1 Å². The van der Waals surface area contributed by atoms with Crippen LogP contribution in [0.15, 0.2) is 0 Å². The van der Waals surface area contributed by atoms with Crippen molar-refractivity contribution in [3.05, 3.63) is 0 Å². The van der Waals surface area contributed by atoms with Crippen molar-refractivity contribution in [2.45, 2.75) is 17.0 Å². The molecule has 0 bridgehead atoms. The first-order valence-corrected chi connectivity index (χ1v) is 3.61. The van der Waals surface area contributed by atoms with Crippen molar-refractivity contribution in [1.29, 1.82) is 0 Å². The minimum atomic E-state index is -1.14. The van der Waals surface area contributed by atoms with Crippen molar-refractivity contribution in [2.24, 2.45) is 0 Å². The third kappa shape index (κ3) is 3.06. The largest absolute Gasteiger partial charge is 0.481 e. The number of carbonyl (C=O) groups is 1. The molecule has 0 aromatic carbocycles. The van der Waals surface area contributed by atoms with E-state index in [4.69, 9.17) is 5.11 Å². The normalized spacial score (nSPS) is 17.2. The van der Waals surface area contributed by atoms with Crippen molar-refractivity contribution in [3.63, 3.8) is 0 Å². The number of carboxylic acid groups (broad SMARTS) is 1. The lowest BCUT2D eigenvalue weighted by Crippen LogP contribution is -2.46. The lowest BCUT2D eigenvalue weighted by Gasteiger charge is -2.36. The Balaban J connectivity index is 4.34. The number of carboxylic acids is 1. The smallest absolute Gasteiger partial charge is 0.305 e. The maximum absolute atomic E-state index is 10.3. The summed E-state index contributed by atoms with van der Waals surface area (Å²) >= 11 is 0. The fourth-order valence-corrected chi connectivity index (χ4v) is 0.560. The van der Waals surface area contributed by atoms with E-state index in [-0.39, 0.29) is 6.42 Å². The lowest BCUT2D eigenvalue weighted by molar-refractivity contribution is -0.140. The van der Waals surface area contributed by atoms with E-state index in [0.717, 1.165) is 0 Å². The second-order valence-corrected chi connectivity index (χ2v) is 4.09. The Kier molecular flexibility index (Phi) is 2.89. The van der Waals surface area contributed by atoms with Crippen LogP contribution >= 0.6 is 0 Å². The highest BCUT2D eigenvalue weighted by molar-refractivity contribution is 6.62. The molecule has 0 aliphatic rings. The molecule has 0 aliphatic heterocycles. The average Bonchev–Trinajstić information content (AvgIpc) is 1.56. The van der Waals surface area contributed by atoms with Crippen molar-refractivity contribution < 1.29 is 15.0 Å². The zero-order chi connectivity index (χ0) is 9.28. The number of hydrogen-bond acceptors (Lipinski definition) is 2. The van der Waals surface area contributed by atoms with E-state index in [1.807, 2.05) is 23.5 Å². The first-order valence-electron chi connectivity index (χ1n) is 3.61. The van der Waals surface area contributed by atoms with Crippen molar-refractivity contribution in [2.75, 3.05) is 0 Å². The van der Waals surface area contributed by atoms with E-state index < -0.39 is 16.6 Å². The Morgan fingerprint density at radius 3 is 1.73 bits per heavy atom. The summed E-state index contributed by atoms with van der Waals surface area (Å²) in [7, 11) is 6.99. The summed E-state index contributed by atoms with van der Waals surface area (Å²) in [6.45, 7) is 0. The van der Waals surface area contributed by atoms with E-state index in [1.54, 1.807) is 7.85 Å². The van der Waals surface area contributed by atoms with Gasteiger partial charge >= 0.3 is 5.97 Å². The predicted molar refractivity (Wildman–Crippen MR) is 54.1 cm³/mol. The Morgan fingerprint density at radius 1 is 1.27 bits per heavy atom. The average molecular weight is 151 g/mol. The minimum absolute atomic E-state index is 0.212. The Bertz CT molecular complexity index is 161. The Hall–Kier alpha value is -0.310. The highest BCUT2D eigenvalue weighted by Crippen LogP contribution is 2.27. The van der Waals surface area contributed by atoms with Gasteiger partial charge in [-0.05, 0) is 0 Å². The van der Waals surface area contributed by atoms with Crippen LogP contribution in [0.2, 0.25) is 5.11 Å². The van der Waals surface area contributed by atoms with Crippen LogP contribution in [0, 0.1) is 0 Å². The van der Waals surface area contributed by atoms with E-state index in [0.29, 0.717) is 0 Å². The molecule has 7 heteroatoms. The molecule has 2 N–H and O–H groups in total. The standard InChI is InChI=1S/C4H12B4O3/c5-3(11,1-2(9)10)4(6,7)8/h11H,1,5-8H2,(H,9,10)/t3-/m0/s1. The van der Waals surface area contributed by atoms with Crippen molar-refractivity contribution >= 4 is 37.4 Å². The van der Waals surface area contributed by atoms with Gasteiger partial charge in [0.25, 0.3) is 0 Å². The molecule has 0 saturated carbocycles. The highest BCUT2D eigenvalue weighted by Gasteiger charge is 2.36. The third-order valence-corrected chi connectivity index (χ3v) is 2.11. The van der Waals surface area contributed by atoms with Gasteiger partial charge in [-0.2, -0.15) is 0 Å². The van der Waals surface area contributed by atoms with Gasteiger partial charge in [-0.3, -0.25) is 4.79 Å². The van der Waals surface area contributed by atoms with Crippen LogP contribution in [0.4, 0.5) is 0 Å². The molecule has 0 aromatic rings. The first kappa shape index (κ1) is 10.7. The highest BCUT2D eigenvalue weighted by atomic mass is 16.4. The molecule has 0 fully saturated rings. The van der Waals surface area contributed by atoms with Gasteiger partial charge in [0.2, 0.25) is 0 Å². The summed E-state index contributed by atoms with van der Waals surface area (Å²) in [5.41, 5.74) is -1.14. The topological polar surface area (TPSA) is 57.5 Å². The molecule has 3 nitrogen and oxygen atoms in total. The third-order valence-electron chi connectivity index (χ3n) is 2.11. The Labute approximate surface area is 70.2 Å². The van der Waals surface area contributed by atoms with Crippen LogP contribution in [-0.2, 0) is 4.79 Å². The first-order chi connectivity index (χ1) is 4.67. The molecule has 0 aliphatic carbocycles. The summed E-state index contributed by atoms with van der Waals surface area (Å²) in [4.78, 5) is 10.3. The molecular weight excluding hydrogens is 139 g/mol. The number of hydrogen-bond donors (Lipinski definition) is 2. The summed E-state index contributed by atoms with van der Waals surface area (Å²) in [6.07, 6.45) is -0.212. The zero-order valence-corrected chi connectivity index (χ0v) is 7.51. The zero-order valence-electron chi connectivity index (χ0n) is 7.51. The molecule has 0 rings (SSSR count). The fourth-order valence-electron chi connectivity index (χ4n) is 0.560. The SMILES string of the molecule is BC(B)(B)[C@@](B)(O)CC(=O)O. The fraction of sp³-hybridized carbons (Fsp3) is 0.750. The predicted octanol–water partition coefficient (Wildman–Crippen LogP) is -4.24. The second kappa shape index (κ2) is 2.97. The molecule has 0 saturated heterocycles. The van der Waals surface area contributed by atoms with Gasteiger partial charge in [0.15, 0.2) is 0 Å². The molecule has 58 valence electrons. The molecule has 11 heavy (non-hydrogen) atoms. The number of aliphatic carboxylic acids is 1. The van der Waals surface area contributed by atoms with Crippen LogP contribution in [0.1, 0.15) is 6.42 Å². The van der Waals surface area contributed by atoms with Gasteiger partial charge < -0.3 is 10.2 Å². The molecule has 0 aromatic heterocycles. The van der Waals surface area contributed by atoms with Crippen LogP contribution in [0.3, 0.4) is 0 Å². The summed E-state index contributed by atoms with van der Waals surface area (Å²) < 4.78 is 0. The van der Waals surface area contributed by atoms with E-state index in [9.17, 15) is 9.90 Å². The van der Waals surface area contributed by atoms with Crippen molar-refractivity contribution in [3.8, 4) is 0 Å². The summed E-state index contributed by atoms with van der Waals surface area (Å²) in [5.74, 6) is -0.968. The maximum atomic E-state index is 10.3. The minimum Gasteiger partial charge on any atom is -0.481 e. The van der Waals surface area contributed by atoms with Crippen molar-refractivity contribution in [1.82, 2.24) is 0 Å². The molecule has 0 heterocycles. The monoisotopic (exact) mass is 152 g/mol. The van der Waals surface area contributed by atoms with E-state index in [1.165, 1.54) is 0 Å². The quantitative estimate of drug-likeness (QED) is 0.402. The molecule has 0 amide bonds. The summed E-state index contributed by atoms with van der Waals surface area (Å²) in [5, 5.41) is 17.7. The van der Waals surface area contributed by atoms with Gasteiger partial charge in [-0.25, -0.2) is 0 Å². The number of aliphatic hydroxyl groups is 1. The lowest BCUT2D eigenvalue weighted by atomic mass is 9.32. The molecule has 0 spiro atoms. The molecule has 0 unspecified atom stereocenters. The van der Waals surface area contributed by atoms with Gasteiger partial charge in [0.1, 0.15) is 7.85 Å². The molecular formula is C4H12B4O3. The molecule has 1 atom stereocenters. The van der Waals surface area contributed by atoms with Crippen LogP contribution in [0.25, 0.3) is 0 Å². The summed E-state index contributed by atoms with van der Waals surface area (Å²) in [6, 6.07) is 0. The maximum Gasteiger partial charge on any atom is 0.305 e. The Morgan fingerprint density at radius 2 is 1.64 bits per heavy atom. The van der Waals surface area contributed by atoms with Crippen LogP contribution in [0.5, 0.6) is 0 Å². The van der Waals surface area contributed by atoms with Gasteiger partial charge in [-0.1, -0.05) is 5.11 Å². The van der Waals surface area contributed by atoms with Gasteiger partial charge in [0.05, 0.1) is 30.0 Å². The van der Waals surface area contributed by atoms with E-state index in [2.05, 4.69) is 0 Å². The second-order valence-electron chi connectivity index (χ2n) is 4.09. The van der Waals surface area contributed by atoms with E-state index >= 15 is 0 Å².